The van der Waals surface area contributed by atoms with E-state index in [0.29, 0.717) is 17.9 Å². The first-order chi connectivity index (χ1) is 19.0. The van der Waals surface area contributed by atoms with Crippen LogP contribution < -0.4 is 4.74 Å². The highest BCUT2D eigenvalue weighted by Gasteiger charge is 2.28. The molecule has 1 aromatic heterocycles. The van der Waals surface area contributed by atoms with Gasteiger partial charge in [-0.1, -0.05) is 42.5 Å². The molecule has 39 heavy (non-hydrogen) atoms. The lowest BCUT2D eigenvalue weighted by atomic mass is 9.90. The highest BCUT2D eigenvalue weighted by molar-refractivity contribution is 5.97. The number of hydrogen-bond acceptors (Lipinski definition) is 5. The van der Waals surface area contributed by atoms with Crippen LogP contribution in [0.5, 0.6) is 5.75 Å². The van der Waals surface area contributed by atoms with Crippen molar-refractivity contribution in [1.82, 2.24) is 19.8 Å². The largest absolute Gasteiger partial charge is 0.497 e. The van der Waals surface area contributed by atoms with Crippen molar-refractivity contribution in [3.05, 3.63) is 95.8 Å². The summed E-state index contributed by atoms with van der Waals surface area (Å²) in [5.41, 5.74) is 3.59. The Morgan fingerprint density at radius 3 is 2.51 bits per heavy atom. The molecule has 5 rings (SSSR count). The van der Waals surface area contributed by atoms with Crippen LogP contribution in [0.25, 0.3) is 11.0 Å². The number of methoxy groups -OCH3 is 1. The molecule has 0 saturated carbocycles. The van der Waals surface area contributed by atoms with Gasteiger partial charge in [-0.2, -0.15) is 0 Å². The molecule has 1 saturated heterocycles. The van der Waals surface area contributed by atoms with E-state index in [-0.39, 0.29) is 23.5 Å². The number of H-pyrrole nitrogens is 1. The van der Waals surface area contributed by atoms with Gasteiger partial charge in [0.1, 0.15) is 5.75 Å². The van der Waals surface area contributed by atoms with Crippen LogP contribution in [0.1, 0.15) is 51.7 Å². The molecule has 1 atom stereocenters. The number of ketones is 1. The van der Waals surface area contributed by atoms with Crippen molar-refractivity contribution < 1.29 is 14.3 Å². The van der Waals surface area contributed by atoms with Crippen LogP contribution in [0.4, 0.5) is 0 Å². The molecule has 1 fully saturated rings. The van der Waals surface area contributed by atoms with E-state index in [9.17, 15) is 9.59 Å². The number of piperidine rings is 1. The van der Waals surface area contributed by atoms with Gasteiger partial charge in [-0.05, 0) is 80.9 Å². The van der Waals surface area contributed by atoms with E-state index in [1.807, 2.05) is 78.7 Å². The zero-order valence-corrected chi connectivity index (χ0v) is 22.7. The minimum Gasteiger partial charge on any atom is -0.497 e. The number of fused-ring (bicyclic) bond motifs is 1. The van der Waals surface area contributed by atoms with Gasteiger partial charge in [0.25, 0.3) is 5.91 Å². The molecule has 1 unspecified atom stereocenters. The third kappa shape index (κ3) is 6.37. The number of ether oxygens (including phenoxy) is 1. The van der Waals surface area contributed by atoms with Crippen LogP contribution in [0.2, 0.25) is 0 Å². The molecule has 4 aromatic rings. The highest BCUT2D eigenvalue weighted by Crippen LogP contribution is 2.27. The van der Waals surface area contributed by atoms with Gasteiger partial charge in [0.2, 0.25) is 5.78 Å². The lowest BCUT2D eigenvalue weighted by Crippen LogP contribution is -2.38. The maximum atomic E-state index is 13.1. The van der Waals surface area contributed by atoms with Gasteiger partial charge in [0.15, 0.2) is 5.82 Å². The summed E-state index contributed by atoms with van der Waals surface area (Å²) in [4.78, 5) is 38.2. The number of para-hydroxylation sites is 2. The van der Waals surface area contributed by atoms with Crippen molar-refractivity contribution in [2.75, 3.05) is 40.3 Å². The fraction of sp³-hybridized carbons (Fsp3) is 0.344. The molecule has 1 N–H and O–H groups in total. The van der Waals surface area contributed by atoms with E-state index in [1.54, 1.807) is 7.11 Å². The molecular weight excluding hydrogens is 488 g/mol. The van der Waals surface area contributed by atoms with E-state index < -0.39 is 0 Å². The molecule has 0 spiro atoms. The van der Waals surface area contributed by atoms with E-state index in [0.717, 1.165) is 61.2 Å². The zero-order chi connectivity index (χ0) is 27.2. The van der Waals surface area contributed by atoms with Gasteiger partial charge in [0, 0.05) is 31.0 Å². The predicted octanol–water partition coefficient (Wildman–Crippen LogP) is 5.41. The highest BCUT2D eigenvalue weighted by atomic mass is 16.5. The zero-order valence-electron chi connectivity index (χ0n) is 22.7. The summed E-state index contributed by atoms with van der Waals surface area (Å²) in [6, 6.07) is 25.3. The number of nitrogens with zero attached hydrogens (tertiary/aromatic N) is 3. The summed E-state index contributed by atoms with van der Waals surface area (Å²) in [5, 5.41) is 0. The number of nitrogens with one attached hydrogen (secondary N) is 1. The summed E-state index contributed by atoms with van der Waals surface area (Å²) in [7, 11) is 3.55. The molecule has 1 amide bonds. The number of likely N-dealkylation sites (tertiary alicyclic amines) is 1. The third-order valence-corrected chi connectivity index (χ3v) is 7.80. The number of aromatic nitrogens is 2. The smallest absolute Gasteiger partial charge is 0.253 e. The van der Waals surface area contributed by atoms with Crippen molar-refractivity contribution in [3.8, 4) is 5.75 Å². The molecule has 7 heteroatoms. The van der Waals surface area contributed by atoms with E-state index >= 15 is 0 Å². The quantitative estimate of drug-likeness (QED) is 0.281. The Kier molecular flexibility index (Phi) is 8.37. The summed E-state index contributed by atoms with van der Waals surface area (Å²) in [6.45, 7) is 3.27. The van der Waals surface area contributed by atoms with Gasteiger partial charge in [-0.3, -0.25) is 9.59 Å². The third-order valence-electron chi connectivity index (χ3n) is 7.80. The second kappa shape index (κ2) is 12.3. The molecular formula is C32H36N4O3. The topological polar surface area (TPSA) is 78.5 Å². The number of hydrogen-bond donors (Lipinski definition) is 1. The van der Waals surface area contributed by atoms with E-state index in [1.165, 1.54) is 0 Å². The second-order valence-corrected chi connectivity index (χ2v) is 10.4. The van der Waals surface area contributed by atoms with Crippen molar-refractivity contribution in [2.24, 2.45) is 5.92 Å². The van der Waals surface area contributed by atoms with Crippen LogP contribution in [-0.4, -0.2) is 71.8 Å². The molecule has 0 aliphatic carbocycles. The average molecular weight is 525 g/mol. The van der Waals surface area contributed by atoms with Gasteiger partial charge in [0.05, 0.1) is 18.1 Å². The standard InChI is InChI=1S/C32H36N4O3/c1-35(32(38)24-9-4-3-5-10-24)22-26(25-11-8-12-27(21-25)39-2)17-20-36-18-15-23(16-19-36)30(37)31-33-28-13-6-7-14-29(28)34-31/h3-14,21,23,26H,15-20,22H2,1-2H3,(H,33,34). The monoisotopic (exact) mass is 524 g/mol. The molecule has 2 heterocycles. The minimum atomic E-state index is -0.00868. The lowest BCUT2D eigenvalue weighted by molar-refractivity contribution is 0.0779. The fourth-order valence-electron chi connectivity index (χ4n) is 5.49. The Balaban J connectivity index is 1.20. The molecule has 0 radical (unpaired) electrons. The Labute approximate surface area is 229 Å². The van der Waals surface area contributed by atoms with Gasteiger partial charge in [-0.15, -0.1) is 0 Å². The van der Waals surface area contributed by atoms with Crippen molar-refractivity contribution >= 4 is 22.7 Å². The Bertz CT molecular complexity index is 1380. The molecule has 7 nitrogen and oxygen atoms in total. The summed E-state index contributed by atoms with van der Waals surface area (Å²) in [6.07, 6.45) is 2.56. The predicted molar refractivity (Wildman–Crippen MR) is 153 cm³/mol. The van der Waals surface area contributed by atoms with Gasteiger partial charge in [-0.25, -0.2) is 4.98 Å². The number of amides is 1. The first kappa shape index (κ1) is 26.6. The fourth-order valence-corrected chi connectivity index (χ4v) is 5.49. The van der Waals surface area contributed by atoms with E-state index in [2.05, 4.69) is 27.0 Å². The Hall–Kier alpha value is -3.97. The number of aromatic amines is 1. The Morgan fingerprint density at radius 2 is 1.77 bits per heavy atom. The van der Waals surface area contributed by atoms with E-state index in [4.69, 9.17) is 4.74 Å². The summed E-state index contributed by atoms with van der Waals surface area (Å²) >= 11 is 0. The number of likely N-dealkylation sites (N-methyl/N-ethyl adjacent to an activating group) is 1. The Morgan fingerprint density at radius 1 is 1.03 bits per heavy atom. The number of benzene rings is 3. The first-order valence-electron chi connectivity index (χ1n) is 13.7. The maximum absolute atomic E-state index is 13.1. The van der Waals surface area contributed by atoms with Crippen molar-refractivity contribution in [1.29, 1.82) is 0 Å². The maximum Gasteiger partial charge on any atom is 0.253 e. The second-order valence-electron chi connectivity index (χ2n) is 10.4. The molecule has 202 valence electrons. The van der Waals surface area contributed by atoms with Gasteiger partial charge < -0.3 is 19.5 Å². The minimum absolute atomic E-state index is 0.00868. The number of carbonyl (C=O) groups excluding carboxylic acids is 2. The summed E-state index contributed by atoms with van der Waals surface area (Å²) < 4.78 is 5.48. The van der Waals surface area contributed by atoms with Crippen molar-refractivity contribution in [3.63, 3.8) is 0 Å². The first-order valence-corrected chi connectivity index (χ1v) is 13.7. The molecule has 3 aromatic carbocycles. The normalized spacial score (nSPS) is 15.2. The molecule has 1 aliphatic heterocycles. The summed E-state index contributed by atoms with van der Waals surface area (Å²) in [5.74, 6) is 1.58. The average Bonchev–Trinajstić information content (AvgIpc) is 3.43. The molecule has 0 bridgehead atoms. The number of carbonyl (C=O) groups is 2. The number of rotatable bonds is 10. The molecule has 1 aliphatic rings. The number of Topliss-reactive ketones (excluding diaryl/α,β-unsaturated/α-hetero) is 1. The SMILES string of the molecule is COc1cccc(C(CCN2CCC(C(=O)c3nc4ccccc4[nH]3)CC2)CN(C)C(=O)c2ccccc2)c1. The van der Waals surface area contributed by atoms with Gasteiger partial charge >= 0.3 is 0 Å². The van der Waals surface area contributed by atoms with Crippen LogP contribution in [0.15, 0.2) is 78.9 Å². The van der Waals surface area contributed by atoms with Crippen molar-refractivity contribution in [2.45, 2.75) is 25.2 Å². The lowest BCUT2D eigenvalue weighted by Gasteiger charge is -2.33. The van der Waals surface area contributed by atoms with Crippen LogP contribution in [0, 0.1) is 5.92 Å². The van der Waals surface area contributed by atoms with Crippen LogP contribution in [-0.2, 0) is 0 Å². The van der Waals surface area contributed by atoms with Crippen LogP contribution >= 0.6 is 0 Å². The number of imidazole rings is 1. The van der Waals surface area contributed by atoms with Crippen LogP contribution in [0.3, 0.4) is 0 Å².